The Labute approximate surface area is 159 Å². The van der Waals surface area contributed by atoms with E-state index in [1.165, 1.54) is 16.4 Å². The van der Waals surface area contributed by atoms with Crippen LogP contribution in [0.25, 0.3) is 0 Å². The fraction of sp³-hybridized carbons (Fsp3) is 0.278. The topological polar surface area (TPSA) is 86.7 Å². The first kappa shape index (κ1) is 20.2. The van der Waals surface area contributed by atoms with Gasteiger partial charge in [-0.05, 0) is 43.2 Å². The van der Waals surface area contributed by atoms with Crippen molar-refractivity contribution in [1.82, 2.24) is 4.31 Å². The van der Waals surface area contributed by atoms with Crippen LogP contribution < -0.4 is 5.32 Å². The molecule has 0 saturated carbocycles. The van der Waals surface area contributed by atoms with Gasteiger partial charge in [-0.3, -0.25) is 4.79 Å². The third-order valence-corrected chi connectivity index (χ3v) is 6.29. The summed E-state index contributed by atoms with van der Waals surface area (Å²) in [5.74, 6) is -1.59. The van der Waals surface area contributed by atoms with Crippen LogP contribution in [0, 0.1) is 0 Å². The van der Waals surface area contributed by atoms with Gasteiger partial charge in [0.05, 0.1) is 21.7 Å². The summed E-state index contributed by atoms with van der Waals surface area (Å²) in [6.07, 6.45) is -3.25. The van der Waals surface area contributed by atoms with E-state index in [2.05, 4.69) is 5.32 Å². The quantitative estimate of drug-likeness (QED) is 0.802. The number of halogens is 3. The molecule has 1 amide bonds. The Morgan fingerprint density at radius 3 is 2.36 bits per heavy atom. The van der Waals surface area contributed by atoms with Gasteiger partial charge in [0.1, 0.15) is 5.75 Å². The molecule has 0 bridgehead atoms. The monoisotopic (exact) mass is 414 g/mol. The van der Waals surface area contributed by atoms with Crippen molar-refractivity contribution in [2.45, 2.75) is 23.9 Å². The number of carbonyl (C=O) groups is 1. The number of amides is 1. The lowest BCUT2D eigenvalue weighted by Crippen LogP contribution is -2.28. The maximum absolute atomic E-state index is 13.1. The number of hydrogen-bond donors (Lipinski definition) is 2. The Morgan fingerprint density at radius 1 is 1.07 bits per heavy atom. The predicted molar refractivity (Wildman–Crippen MR) is 95.5 cm³/mol. The fourth-order valence-electron chi connectivity index (χ4n) is 2.96. The Hall–Kier alpha value is -2.59. The molecule has 1 saturated heterocycles. The molecule has 0 aromatic heterocycles. The number of rotatable bonds is 4. The number of benzene rings is 2. The molecule has 1 aliphatic heterocycles. The van der Waals surface area contributed by atoms with Crippen molar-refractivity contribution in [3.63, 3.8) is 0 Å². The number of sulfonamides is 1. The molecule has 150 valence electrons. The number of nitrogens with one attached hydrogen (secondary N) is 1. The molecule has 0 unspecified atom stereocenters. The number of carbonyl (C=O) groups excluding carboxylic acids is 1. The Morgan fingerprint density at radius 2 is 1.71 bits per heavy atom. The molecule has 0 aliphatic carbocycles. The van der Waals surface area contributed by atoms with Crippen LogP contribution in [-0.2, 0) is 16.2 Å². The first-order valence-electron chi connectivity index (χ1n) is 8.41. The van der Waals surface area contributed by atoms with Gasteiger partial charge in [0.15, 0.2) is 0 Å². The number of aromatic hydroxyl groups is 1. The zero-order chi connectivity index (χ0) is 20.5. The lowest BCUT2D eigenvalue weighted by molar-refractivity contribution is -0.136. The molecule has 28 heavy (non-hydrogen) atoms. The molecule has 1 heterocycles. The molecule has 2 aromatic carbocycles. The largest absolute Gasteiger partial charge is 0.507 e. The summed E-state index contributed by atoms with van der Waals surface area (Å²) in [7, 11) is -3.85. The summed E-state index contributed by atoms with van der Waals surface area (Å²) in [6.45, 7) is 0.702. The van der Waals surface area contributed by atoms with Gasteiger partial charge in [-0.2, -0.15) is 17.5 Å². The van der Waals surface area contributed by atoms with Gasteiger partial charge in [0.25, 0.3) is 5.91 Å². The molecule has 0 spiro atoms. The fourth-order valence-corrected chi connectivity index (χ4v) is 4.51. The van der Waals surface area contributed by atoms with E-state index in [0.717, 1.165) is 43.2 Å². The first-order chi connectivity index (χ1) is 13.1. The summed E-state index contributed by atoms with van der Waals surface area (Å²) < 4.78 is 65.8. The van der Waals surface area contributed by atoms with Gasteiger partial charge in [0, 0.05) is 13.1 Å². The highest BCUT2D eigenvalue weighted by molar-refractivity contribution is 7.89. The van der Waals surface area contributed by atoms with E-state index in [0.29, 0.717) is 13.1 Å². The number of phenols is 1. The second-order valence-corrected chi connectivity index (χ2v) is 8.23. The zero-order valence-corrected chi connectivity index (χ0v) is 15.3. The van der Waals surface area contributed by atoms with Gasteiger partial charge < -0.3 is 10.4 Å². The Balaban J connectivity index is 1.93. The van der Waals surface area contributed by atoms with Gasteiger partial charge in [-0.25, -0.2) is 8.42 Å². The van der Waals surface area contributed by atoms with Crippen molar-refractivity contribution in [3.8, 4) is 5.75 Å². The summed E-state index contributed by atoms with van der Waals surface area (Å²) in [5.41, 5.74) is -1.98. The van der Waals surface area contributed by atoms with Crippen LogP contribution in [0.15, 0.2) is 47.4 Å². The minimum atomic E-state index is -4.69. The number of para-hydroxylation sites is 1. The molecular formula is C18H17F3N2O4S. The minimum absolute atomic E-state index is 0.207. The van der Waals surface area contributed by atoms with Gasteiger partial charge in [0.2, 0.25) is 10.0 Å². The standard InChI is InChI=1S/C18H17F3N2O4S/c19-18(20,21)14-5-1-2-6-15(14)22-17(25)13-11-12(7-8-16(13)24)28(26,27)23-9-3-4-10-23/h1-2,5-8,11,24H,3-4,9-10H2,(H,22,25). The van der Waals surface area contributed by atoms with Gasteiger partial charge in [-0.1, -0.05) is 12.1 Å². The van der Waals surface area contributed by atoms with Crippen molar-refractivity contribution >= 4 is 21.6 Å². The van der Waals surface area contributed by atoms with Crippen LogP contribution in [-0.4, -0.2) is 36.8 Å². The maximum atomic E-state index is 13.1. The van der Waals surface area contributed by atoms with Crippen LogP contribution in [0.4, 0.5) is 18.9 Å². The van der Waals surface area contributed by atoms with E-state index in [-0.39, 0.29) is 4.90 Å². The average molecular weight is 414 g/mol. The third kappa shape index (κ3) is 3.97. The molecule has 0 atom stereocenters. The van der Waals surface area contributed by atoms with Crippen LogP contribution in [0.1, 0.15) is 28.8 Å². The molecule has 6 nitrogen and oxygen atoms in total. The van der Waals surface area contributed by atoms with Crippen LogP contribution in [0.3, 0.4) is 0 Å². The van der Waals surface area contributed by atoms with Gasteiger partial charge >= 0.3 is 6.18 Å². The van der Waals surface area contributed by atoms with E-state index < -0.39 is 44.7 Å². The van der Waals surface area contributed by atoms with Gasteiger partial charge in [-0.15, -0.1) is 0 Å². The number of alkyl halides is 3. The molecule has 10 heteroatoms. The van der Waals surface area contributed by atoms with E-state index in [4.69, 9.17) is 0 Å². The average Bonchev–Trinajstić information content (AvgIpc) is 3.17. The van der Waals surface area contributed by atoms with Crippen LogP contribution in [0.5, 0.6) is 5.75 Å². The van der Waals surface area contributed by atoms with E-state index in [1.807, 2.05) is 0 Å². The van der Waals surface area contributed by atoms with Crippen LogP contribution >= 0.6 is 0 Å². The Bertz CT molecular complexity index is 1000. The third-order valence-electron chi connectivity index (χ3n) is 4.40. The van der Waals surface area contributed by atoms with E-state index in [9.17, 15) is 31.5 Å². The minimum Gasteiger partial charge on any atom is -0.507 e. The first-order valence-corrected chi connectivity index (χ1v) is 9.85. The molecule has 2 aromatic rings. The summed E-state index contributed by atoms with van der Waals surface area (Å²) in [4.78, 5) is 12.3. The second-order valence-electron chi connectivity index (χ2n) is 6.29. The SMILES string of the molecule is O=C(Nc1ccccc1C(F)(F)F)c1cc(S(=O)(=O)N2CCCC2)ccc1O. The summed E-state index contributed by atoms with van der Waals surface area (Å²) in [5, 5.41) is 12.0. The lowest BCUT2D eigenvalue weighted by Gasteiger charge is -2.17. The predicted octanol–water partition coefficient (Wildman–Crippen LogP) is 3.45. The summed E-state index contributed by atoms with van der Waals surface area (Å²) >= 11 is 0. The highest BCUT2D eigenvalue weighted by Crippen LogP contribution is 2.35. The van der Waals surface area contributed by atoms with Crippen molar-refractivity contribution < 1.29 is 31.5 Å². The molecule has 3 rings (SSSR count). The van der Waals surface area contributed by atoms with Crippen molar-refractivity contribution in [3.05, 3.63) is 53.6 Å². The Kier molecular flexibility index (Phi) is 5.35. The van der Waals surface area contributed by atoms with Crippen molar-refractivity contribution in [2.75, 3.05) is 18.4 Å². The molecule has 0 radical (unpaired) electrons. The van der Waals surface area contributed by atoms with E-state index >= 15 is 0 Å². The molecule has 1 aliphatic rings. The molecule has 1 fully saturated rings. The van der Waals surface area contributed by atoms with Crippen LogP contribution in [0.2, 0.25) is 0 Å². The normalized spacial score (nSPS) is 15.5. The number of nitrogens with zero attached hydrogens (tertiary/aromatic N) is 1. The second kappa shape index (κ2) is 7.44. The highest BCUT2D eigenvalue weighted by atomic mass is 32.2. The smallest absolute Gasteiger partial charge is 0.418 e. The van der Waals surface area contributed by atoms with E-state index in [1.54, 1.807) is 0 Å². The molecule has 2 N–H and O–H groups in total. The molecular weight excluding hydrogens is 397 g/mol. The van der Waals surface area contributed by atoms with Crippen molar-refractivity contribution in [2.24, 2.45) is 0 Å². The summed E-state index contributed by atoms with van der Waals surface area (Å²) in [6, 6.07) is 7.54. The maximum Gasteiger partial charge on any atom is 0.418 e. The lowest BCUT2D eigenvalue weighted by atomic mass is 10.1. The number of hydrogen-bond acceptors (Lipinski definition) is 4. The zero-order valence-electron chi connectivity index (χ0n) is 14.5. The number of phenolic OH excluding ortho intramolecular Hbond substituents is 1. The number of anilines is 1. The van der Waals surface area contributed by atoms with Crippen molar-refractivity contribution in [1.29, 1.82) is 0 Å². The highest BCUT2D eigenvalue weighted by Gasteiger charge is 2.34.